The standard InChI is InChI=1S/C12H24O3Si/c1-4-13-16(14-5-2,15-6-3)12-10-8-7-9-11-12/h8,10,12H,4-7,9,11H2,1-3H3. The van der Waals surface area contributed by atoms with Crippen LogP contribution in [0.2, 0.25) is 5.54 Å². The van der Waals surface area contributed by atoms with E-state index in [2.05, 4.69) is 12.2 Å². The van der Waals surface area contributed by atoms with Gasteiger partial charge in [0.15, 0.2) is 0 Å². The molecule has 0 heterocycles. The Morgan fingerprint density at radius 2 is 1.62 bits per heavy atom. The van der Waals surface area contributed by atoms with Crippen molar-refractivity contribution in [2.45, 2.75) is 45.6 Å². The van der Waals surface area contributed by atoms with Gasteiger partial charge in [-0.25, -0.2) is 0 Å². The summed E-state index contributed by atoms with van der Waals surface area (Å²) in [5.74, 6) is 0. The maximum atomic E-state index is 5.89. The van der Waals surface area contributed by atoms with E-state index in [9.17, 15) is 0 Å². The van der Waals surface area contributed by atoms with Crippen molar-refractivity contribution >= 4 is 8.80 Å². The third-order valence-corrected chi connectivity index (χ3v) is 6.21. The molecule has 0 spiro atoms. The predicted molar refractivity (Wildman–Crippen MR) is 67.4 cm³/mol. The highest BCUT2D eigenvalue weighted by Gasteiger charge is 2.47. The number of allylic oxidation sites excluding steroid dienone is 2. The lowest BCUT2D eigenvalue weighted by atomic mass is 10.1. The van der Waals surface area contributed by atoms with E-state index in [1.54, 1.807) is 0 Å². The van der Waals surface area contributed by atoms with Crippen LogP contribution in [0.1, 0.15) is 40.0 Å². The van der Waals surface area contributed by atoms with Crippen LogP contribution in [0, 0.1) is 0 Å². The molecule has 1 rings (SSSR count). The van der Waals surface area contributed by atoms with Gasteiger partial charge in [-0.3, -0.25) is 0 Å². The van der Waals surface area contributed by atoms with Gasteiger partial charge in [0.25, 0.3) is 0 Å². The quantitative estimate of drug-likeness (QED) is 0.508. The summed E-state index contributed by atoms with van der Waals surface area (Å²) in [5, 5.41) is 0. The van der Waals surface area contributed by atoms with Crippen molar-refractivity contribution in [3.63, 3.8) is 0 Å². The first-order valence-electron chi connectivity index (χ1n) is 6.37. The SMILES string of the molecule is CCO[Si](OCC)(OCC)C1C=CCCC1. The van der Waals surface area contributed by atoms with E-state index in [4.69, 9.17) is 13.3 Å². The van der Waals surface area contributed by atoms with Crippen LogP contribution in [0.25, 0.3) is 0 Å². The summed E-state index contributed by atoms with van der Waals surface area (Å²) in [6.45, 7) is 8.01. The molecule has 0 bridgehead atoms. The minimum Gasteiger partial charge on any atom is -0.373 e. The molecule has 0 fully saturated rings. The zero-order valence-electron chi connectivity index (χ0n) is 10.7. The van der Waals surface area contributed by atoms with Crippen molar-refractivity contribution in [1.29, 1.82) is 0 Å². The lowest BCUT2D eigenvalue weighted by molar-refractivity contribution is 0.0638. The fourth-order valence-electron chi connectivity index (χ4n) is 2.16. The summed E-state index contributed by atoms with van der Waals surface area (Å²) in [4.78, 5) is 0. The molecule has 4 heteroatoms. The molecule has 0 N–H and O–H groups in total. The Morgan fingerprint density at radius 1 is 1.06 bits per heavy atom. The van der Waals surface area contributed by atoms with Crippen LogP contribution >= 0.6 is 0 Å². The van der Waals surface area contributed by atoms with Crippen LogP contribution in [0.15, 0.2) is 12.2 Å². The molecule has 1 atom stereocenters. The molecule has 0 aromatic rings. The zero-order chi connectivity index (χ0) is 11.9. The summed E-state index contributed by atoms with van der Waals surface area (Å²) < 4.78 is 17.7. The number of hydrogen-bond donors (Lipinski definition) is 0. The second-order valence-electron chi connectivity index (χ2n) is 3.87. The summed E-state index contributed by atoms with van der Waals surface area (Å²) in [5.41, 5.74) is 0.348. The smallest absolute Gasteiger partial charge is 0.373 e. The molecule has 0 saturated heterocycles. The van der Waals surface area contributed by atoms with Gasteiger partial charge in [-0.15, -0.1) is 0 Å². The van der Waals surface area contributed by atoms with Crippen LogP contribution in [0.3, 0.4) is 0 Å². The molecule has 1 aliphatic carbocycles. The number of hydrogen-bond acceptors (Lipinski definition) is 3. The zero-order valence-corrected chi connectivity index (χ0v) is 11.7. The lowest BCUT2D eigenvalue weighted by Gasteiger charge is -2.34. The Balaban J connectivity index is 2.79. The fourth-order valence-corrected chi connectivity index (χ4v) is 5.19. The molecule has 94 valence electrons. The fraction of sp³-hybridized carbons (Fsp3) is 0.833. The Labute approximate surface area is 100 Å². The van der Waals surface area contributed by atoms with E-state index in [0.717, 1.165) is 6.42 Å². The maximum absolute atomic E-state index is 5.89. The normalized spacial score (nSPS) is 21.3. The van der Waals surface area contributed by atoms with Crippen molar-refractivity contribution in [2.24, 2.45) is 0 Å². The lowest BCUT2D eigenvalue weighted by Crippen LogP contribution is -2.50. The van der Waals surface area contributed by atoms with Gasteiger partial charge in [0, 0.05) is 25.4 Å². The van der Waals surface area contributed by atoms with Crippen LogP contribution in [-0.2, 0) is 13.3 Å². The largest absolute Gasteiger partial charge is 0.508 e. The molecular formula is C12H24O3Si. The summed E-state index contributed by atoms with van der Waals surface area (Å²) in [7, 11) is -2.48. The molecule has 0 aliphatic heterocycles. The predicted octanol–water partition coefficient (Wildman–Crippen LogP) is 3.15. The second kappa shape index (κ2) is 7.22. The maximum Gasteiger partial charge on any atom is 0.508 e. The molecule has 3 nitrogen and oxygen atoms in total. The van der Waals surface area contributed by atoms with Gasteiger partial charge in [-0.1, -0.05) is 12.2 Å². The molecule has 0 saturated carbocycles. The molecule has 1 aliphatic rings. The van der Waals surface area contributed by atoms with Crippen molar-refractivity contribution in [2.75, 3.05) is 19.8 Å². The van der Waals surface area contributed by atoms with Gasteiger partial charge in [0.05, 0.1) is 0 Å². The van der Waals surface area contributed by atoms with E-state index in [1.807, 2.05) is 20.8 Å². The molecule has 0 radical (unpaired) electrons. The Kier molecular flexibility index (Phi) is 6.27. The minimum absolute atomic E-state index is 0.348. The highest BCUT2D eigenvalue weighted by molar-refractivity contribution is 6.63. The van der Waals surface area contributed by atoms with Gasteiger partial charge >= 0.3 is 8.80 Å². The van der Waals surface area contributed by atoms with Crippen LogP contribution < -0.4 is 0 Å². The van der Waals surface area contributed by atoms with Gasteiger partial charge in [0.2, 0.25) is 0 Å². The highest BCUT2D eigenvalue weighted by Crippen LogP contribution is 2.34. The van der Waals surface area contributed by atoms with Crippen LogP contribution in [0.5, 0.6) is 0 Å². The van der Waals surface area contributed by atoms with Crippen LogP contribution in [0.4, 0.5) is 0 Å². The van der Waals surface area contributed by atoms with Crippen molar-refractivity contribution in [1.82, 2.24) is 0 Å². The first-order valence-corrected chi connectivity index (χ1v) is 8.17. The molecule has 0 aromatic heterocycles. The van der Waals surface area contributed by atoms with Gasteiger partial charge < -0.3 is 13.3 Å². The van der Waals surface area contributed by atoms with E-state index < -0.39 is 8.80 Å². The van der Waals surface area contributed by atoms with Crippen LogP contribution in [-0.4, -0.2) is 28.6 Å². The Hall–Kier alpha value is -0.163. The second-order valence-corrected chi connectivity index (χ2v) is 6.68. The average Bonchev–Trinajstić information content (AvgIpc) is 2.31. The topological polar surface area (TPSA) is 27.7 Å². The molecular weight excluding hydrogens is 220 g/mol. The third-order valence-electron chi connectivity index (χ3n) is 2.75. The highest BCUT2D eigenvalue weighted by atomic mass is 28.4. The van der Waals surface area contributed by atoms with E-state index in [-0.39, 0.29) is 0 Å². The number of rotatable bonds is 7. The van der Waals surface area contributed by atoms with Crippen molar-refractivity contribution < 1.29 is 13.3 Å². The average molecular weight is 244 g/mol. The van der Waals surface area contributed by atoms with E-state index in [1.165, 1.54) is 12.8 Å². The molecule has 0 aromatic carbocycles. The monoisotopic (exact) mass is 244 g/mol. The summed E-state index contributed by atoms with van der Waals surface area (Å²) in [6.07, 6.45) is 7.97. The first kappa shape index (κ1) is 13.9. The molecule has 16 heavy (non-hydrogen) atoms. The minimum atomic E-state index is -2.48. The summed E-state index contributed by atoms with van der Waals surface area (Å²) >= 11 is 0. The van der Waals surface area contributed by atoms with Crippen molar-refractivity contribution in [3.05, 3.63) is 12.2 Å². The van der Waals surface area contributed by atoms with E-state index in [0.29, 0.717) is 25.4 Å². The van der Waals surface area contributed by atoms with Gasteiger partial charge in [-0.2, -0.15) is 0 Å². The van der Waals surface area contributed by atoms with Gasteiger partial charge in [-0.05, 0) is 40.0 Å². The third kappa shape index (κ3) is 3.42. The van der Waals surface area contributed by atoms with E-state index >= 15 is 0 Å². The van der Waals surface area contributed by atoms with Crippen molar-refractivity contribution in [3.8, 4) is 0 Å². The Morgan fingerprint density at radius 3 is 2.00 bits per heavy atom. The molecule has 0 amide bonds. The Bertz CT molecular complexity index is 201. The summed E-state index contributed by atoms with van der Waals surface area (Å²) in [6, 6.07) is 0. The van der Waals surface area contributed by atoms with Gasteiger partial charge in [0.1, 0.15) is 0 Å². The first-order chi connectivity index (χ1) is 7.79. The molecule has 1 unspecified atom stereocenters.